The Morgan fingerprint density at radius 2 is 1.73 bits per heavy atom. The Balaban J connectivity index is 1.26. The van der Waals surface area contributed by atoms with E-state index < -0.39 is 0 Å². The van der Waals surface area contributed by atoms with E-state index in [4.69, 9.17) is 0 Å². The van der Waals surface area contributed by atoms with Crippen molar-refractivity contribution in [3.8, 4) is 0 Å². The molecule has 4 rings (SSSR count). The highest BCUT2D eigenvalue weighted by Gasteiger charge is 2.36. The van der Waals surface area contributed by atoms with E-state index in [2.05, 4.69) is 62.1 Å². The molecule has 2 aliphatic carbocycles. The molecule has 0 radical (unpaired) electrons. The van der Waals surface area contributed by atoms with Gasteiger partial charge in [0.25, 0.3) is 0 Å². The number of hydrogen-bond donors (Lipinski definition) is 0. The number of fused-ring (bicyclic) bond motifs is 2. The van der Waals surface area contributed by atoms with Crippen LogP contribution in [0.4, 0.5) is 0 Å². The van der Waals surface area contributed by atoms with Crippen LogP contribution in [-0.4, -0.2) is 42.5 Å². The van der Waals surface area contributed by atoms with Crippen LogP contribution >= 0.6 is 15.9 Å². The lowest BCUT2D eigenvalue weighted by molar-refractivity contribution is 0.108. The first-order valence-corrected chi connectivity index (χ1v) is 9.43. The van der Waals surface area contributed by atoms with Crippen molar-refractivity contribution in [3.05, 3.63) is 46.5 Å². The summed E-state index contributed by atoms with van der Waals surface area (Å²) in [4.78, 5) is 5.30. The lowest BCUT2D eigenvalue weighted by Gasteiger charge is -2.37. The Labute approximate surface area is 142 Å². The Kier molecular flexibility index (Phi) is 4.38. The molecule has 22 heavy (non-hydrogen) atoms. The van der Waals surface area contributed by atoms with Gasteiger partial charge in [0.15, 0.2) is 0 Å². The Morgan fingerprint density at radius 3 is 2.41 bits per heavy atom. The van der Waals surface area contributed by atoms with E-state index in [0.717, 1.165) is 24.3 Å². The second kappa shape index (κ2) is 6.46. The summed E-state index contributed by atoms with van der Waals surface area (Å²) >= 11 is 3.67. The van der Waals surface area contributed by atoms with Crippen molar-refractivity contribution in [2.45, 2.75) is 19.4 Å². The lowest BCUT2D eigenvalue weighted by atomic mass is 9.93. The Morgan fingerprint density at radius 1 is 0.955 bits per heavy atom. The maximum atomic E-state index is 3.67. The van der Waals surface area contributed by atoms with Crippen molar-refractivity contribution in [1.82, 2.24) is 9.80 Å². The maximum Gasteiger partial charge on any atom is 0.0246 e. The van der Waals surface area contributed by atoms with E-state index in [-0.39, 0.29) is 0 Å². The van der Waals surface area contributed by atoms with Crippen LogP contribution in [0.5, 0.6) is 0 Å². The molecule has 0 spiro atoms. The average molecular weight is 361 g/mol. The number of rotatable bonds is 4. The third-order valence-corrected chi connectivity index (χ3v) is 6.50. The van der Waals surface area contributed by atoms with Gasteiger partial charge in [-0.2, -0.15) is 0 Å². The van der Waals surface area contributed by atoms with Crippen LogP contribution in [0.1, 0.15) is 18.4 Å². The summed E-state index contributed by atoms with van der Waals surface area (Å²) in [5.74, 6) is 2.74. The summed E-state index contributed by atoms with van der Waals surface area (Å²) in [6.45, 7) is 7.29. The normalized spacial score (nSPS) is 32.0. The molecular weight excluding hydrogens is 336 g/mol. The molecule has 118 valence electrons. The number of allylic oxidation sites excluding steroid dienone is 2. The highest BCUT2D eigenvalue weighted by molar-refractivity contribution is 9.10. The number of hydrogen-bond acceptors (Lipinski definition) is 2. The van der Waals surface area contributed by atoms with Crippen LogP contribution < -0.4 is 0 Å². The first-order chi connectivity index (χ1) is 10.8. The maximum absolute atomic E-state index is 3.67. The van der Waals surface area contributed by atoms with E-state index in [1.807, 2.05) is 0 Å². The molecule has 1 aliphatic heterocycles. The van der Waals surface area contributed by atoms with Gasteiger partial charge in [-0.3, -0.25) is 4.90 Å². The molecule has 0 N–H and O–H groups in total. The number of nitrogens with zero attached hydrogens (tertiary/aromatic N) is 2. The van der Waals surface area contributed by atoms with Gasteiger partial charge in [0.05, 0.1) is 0 Å². The van der Waals surface area contributed by atoms with Crippen molar-refractivity contribution in [2.24, 2.45) is 17.8 Å². The highest BCUT2D eigenvalue weighted by Crippen LogP contribution is 2.43. The van der Waals surface area contributed by atoms with Crippen molar-refractivity contribution < 1.29 is 0 Å². The van der Waals surface area contributed by atoms with Crippen molar-refractivity contribution in [1.29, 1.82) is 0 Å². The fourth-order valence-corrected chi connectivity index (χ4v) is 4.84. The van der Waals surface area contributed by atoms with Crippen LogP contribution in [0.2, 0.25) is 0 Å². The fraction of sp³-hybridized carbons (Fsp3) is 0.579. The third-order valence-electron chi connectivity index (χ3n) is 5.73. The van der Waals surface area contributed by atoms with Gasteiger partial charge in [0, 0.05) is 43.7 Å². The SMILES string of the molecule is Brc1ccccc1CN1CCN(C[C@H]2C[C@@H]3C=C[C@H]2C3)CC1. The smallest absolute Gasteiger partial charge is 0.0246 e. The minimum atomic E-state index is 0.892. The van der Waals surface area contributed by atoms with E-state index in [1.54, 1.807) is 0 Å². The van der Waals surface area contributed by atoms with Gasteiger partial charge in [-0.05, 0) is 42.2 Å². The van der Waals surface area contributed by atoms with Crippen LogP contribution in [0, 0.1) is 17.8 Å². The van der Waals surface area contributed by atoms with Crippen molar-refractivity contribution in [3.63, 3.8) is 0 Å². The molecule has 3 atom stereocenters. The largest absolute Gasteiger partial charge is 0.300 e. The predicted octanol–water partition coefficient (Wildman–Crippen LogP) is 3.78. The highest BCUT2D eigenvalue weighted by atomic mass is 79.9. The molecule has 0 amide bonds. The first-order valence-electron chi connectivity index (χ1n) is 8.64. The summed E-state index contributed by atoms with van der Waals surface area (Å²) in [5.41, 5.74) is 1.41. The molecule has 0 aromatic heterocycles. The van der Waals surface area contributed by atoms with Gasteiger partial charge >= 0.3 is 0 Å². The molecule has 1 aromatic rings. The molecule has 2 fully saturated rings. The van der Waals surface area contributed by atoms with Crippen molar-refractivity contribution >= 4 is 15.9 Å². The third kappa shape index (κ3) is 3.17. The fourth-order valence-electron chi connectivity index (χ4n) is 4.43. The minimum absolute atomic E-state index is 0.892. The zero-order chi connectivity index (χ0) is 14.9. The van der Waals surface area contributed by atoms with E-state index in [1.165, 1.54) is 55.6 Å². The van der Waals surface area contributed by atoms with E-state index in [0.29, 0.717) is 0 Å². The topological polar surface area (TPSA) is 6.48 Å². The monoisotopic (exact) mass is 360 g/mol. The van der Waals surface area contributed by atoms with Gasteiger partial charge < -0.3 is 4.90 Å². The molecule has 1 saturated carbocycles. The van der Waals surface area contributed by atoms with Gasteiger partial charge in [-0.1, -0.05) is 46.3 Å². The van der Waals surface area contributed by atoms with Crippen molar-refractivity contribution in [2.75, 3.05) is 32.7 Å². The predicted molar refractivity (Wildman–Crippen MR) is 94.7 cm³/mol. The minimum Gasteiger partial charge on any atom is -0.300 e. The second-order valence-corrected chi connectivity index (χ2v) is 8.06. The molecule has 3 aliphatic rings. The first kappa shape index (κ1) is 14.9. The van der Waals surface area contributed by atoms with Crippen LogP contribution in [0.15, 0.2) is 40.9 Å². The molecule has 1 saturated heterocycles. The second-order valence-electron chi connectivity index (χ2n) is 7.21. The van der Waals surface area contributed by atoms with Gasteiger partial charge in [0.2, 0.25) is 0 Å². The Hall–Kier alpha value is -0.640. The number of halogens is 1. The Bertz CT molecular complexity index is 548. The van der Waals surface area contributed by atoms with Crippen LogP contribution in [0.3, 0.4) is 0 Å². The van der Waals surface area contributed by atoms with Gasteiger partial charge in [-0.25, -0.2) is 0 Å². The summed E-state index contributed by atoms with van der Waals surface area (Å²) in [6, 6.07) is 8.61. The van der Waals surface area contributed by atoms with E-state index in [9.17, 15) is 0 Å². The summed E-state index contributed by atoms with van der Waals surface area (Å²) < 4.78 is 1.24. The molecule has 1 heterocycles. The van der Waals surface area contributed by atoms with Gasteiger partial charge in [-0.15, -0.1) is 0 Å². The number of benzene rings is 1. The van der Waals surface area contributed by atoms with Crippen LogP contribution in [0.25, 0.3) is 0 Å². The molecule has 1 aromatic carbocycles. The van der Waals surface area contributed by atoms with E-state index >= 15 is 0 Å². The molecule has 2 bridgehead atoms. The quantitative estimate of drug-likeness (QED) is 0.753. The summed E-state index contributed by atoms with van der Waals surface area (Å²) in [6.07, 6.45) is 7.82. The van der Waals surface area contributed by atoms with Crippen LogP contribution in [-0.2, 0) is 6.54 Å². The molecule has 3 heteroatoms. The lowest BCUT2D eigenvalue weighted by Crippen LogP contribution is -2.47. The zero-order valence-electron chi connectivity index (χ0n) is 13.1. The summed E-state index contributed by atoms with van der Waals surface area (Å²) in [7, 11) is 0. The zero-order valence-corrected chi connectivity index (χ0v) is 14.7. The standard InChI is InChI=1S/C19H25BrN2/c20-19-4-2-1-3-17(19)13-21-7-9-22(10-8-21)14-18-12-15-5-6-16(18)11-15/h1-6,15-16,18H,7-14H2/t15-,16+,18-/m1/s1. The molecule has 2 nitrogen and oxygen atoms in total. The molecular formula is C19H25BrN2. The van der Waals surface area contributed by atoms with Gasteiger partial charge in [0.1, 0.15) is 0 Å². The average Bonchev–Trinajstić information content (AvgIpc) is 3.14. The number of piperazine rings is 1. The molecule has 0 unspecified atom stereocenters. The summed E-state index contributed by atoms with van der Waals surface area (Å²) in [5, 5.41) is 0.